The van der Waals surface area contributed by atoms with Crippen LogP contribution in [0.4, 0.5) is 0 Å². The second kappa shape index (κ2) is 12.1. The maximum Gasteiger partial charge on any atom is 0.260 e. The van der Waals surface area contributed by atoms with Crippen molar-refractivity contribution in [3.05, 3.63) is 89.2 Å². The van der Waals surface area contributed by atoms with Gasteiger partial charge in [0, 0.05) is 37.1 Å². The van der Waals surface area contributed by atoms with Gasteiger partial charge in [-0.15, -0.1) is 0 Å². The van der Waals surface area contributed by atoms with E-state index in [2.05, 4.69) is 0 Å². The Kier molecular flexibility index (Phi) is 8.95. The lowest BCUT2D eigenvalue weighted by molar-refractivity contribution is -0.142. The molecule has 0 radical (unpaired) electrons. The largest absolute Gasteiger partial charge is 0.484 e. The average molecular weight is 468 g/mol. The molecule has 0 saturated carbocycles. The molecule has 0 aliphatic rings. The predicted octanol–water partition coefficient (Wildman–Crippen LogP) is 4.52. The molecule has 3 aromatic rings. The normalized spacial score (nSPS) is 10.6. The van der Waals surface area contributed by atoms with Crippen molar-refractivity contribution in [1.29, 1.82) is 0 Å². The first kappa shape index (κ1) is 24.4. The molecule has 0 atom stereocenters. The van der Waals surface area contributed by atoms with Crippen LogP contribution in [0.5, 0.6) is 5.75 Å². The van der Waals surface area contributed by atoms with Crippen LogP contribution in [0.15, 0.2) is 72.9 Å². The monoisotopic (exact) mass is 467 g/mol. The topological polar surface area (TPSA) is 54.8 Å². The minimum atomic E-state index is -0.223. The van der Waals surface area contributed by atoms with Crippen LogP contribution in [0.2, 0.25) is 5.02 Å². The first-order valence-corrected chi connectivity index (χ1v) is 11.4. The molecule has 6 nitrogen and oxygen atoms in total. The van der Waals surface area contributed by atoms with E-state index in [9.17, 15) is 9.59 Å². The molecule has 0 unspecified atom stereocenters. The lowest BCUT2D eigenvalue weighted by Crippen LogP contribution is -2.44. The summed E-state index contributed by atoms with van der Waals surface area (Å²) in [7, 11) is 1.96. The molecule has 33 heavy (non-hydrogen) atoms. The summed E-state index contributed by atoms with van der Waals surface area (Å²) in [5, 5.41) is 0.601. The SMILES string of the molecule is CCCN(CC(=O)N(Cc1ccccc1)Cc1cccn1C)C(=O)COc1ccc(Cl)cc1. The van der Waals surface area contributed by atoms with Crippen LogP contribution in [-0.4, -0.2) is 45.9 Å². The van der Waals surface area contributed by atoms with E-state index in [0.29, 0.717) is 30.4 Å². The van der Waals surface area contributed by atoms with Crippen LogP contribution < -0.4 is 4.74 Å². The summed E-state index contributed by atoms with van der Waals surface area (Å²) in [5.41, 5.74) is 2.07. The summed E-state index contributed by atoms with van der Waals surface area (Å²) in [6.07, 6.45) is 2.71. The van der Waals surface area contributed by atoms with Gasteiger partial charge in [0.2, 0.25) is 5.91 Å². The first-order valence-electron chi connectivity index (χ1n) is 11.0. The Morgan fingerprint density at radius 2 is 1.64 bits per heavy atom. The highest BCUT2D eigenvalue weighted by molar-refractivity contribution is 6.30. The van der Waals surface area contributed by atoms with Crippen LogP contribution in [0.3, 0.4) is 0 Å². The number of amides is 2. The van der Waals surface area contributed by atoms with E-state index in [1.165, 1.54) is 0 Å². The molecule has 174 valence electrons. The maximum atomic E-state index is 13.4. The van der Waals surface area contributed by atoms with Gasteiger partial charge in [-0.25, -0.2) is 0 Å². The third-order valence-electron chi connectivity index (χ3n) is 5.32. The molecule has 7 heteroatoms. The van der Waals surface area contributed by atoms with E-state index in [-0.39, 0.29) is 25.0 Å². The molecule has 2 amide bonds. The van der Waals surface area contributed by atoms with Crippen molar-refractivity contribution in [1.82, 2.24) is 14.4 Å². The van der Waals surface area contributed by atoms with Crippen molar-refractivity contribution >= 4 is 23.4 Å². The fourth-order valence-corrected chi connectivity index (χ4v) is 3.61. The molecule has 1 heterocycles. The van der Waals surface area contributed by atoms with Crippen molar-refractivity contribution in [2.75, 3.05) is 19.7 Å². The van der Waals surface area contributed by atoms with Gasteiger partial charge in [-0.05, 0) is 48.4 Å². The number of carbonyl (C=O) groups is 2. The molecule has 3 rings (SSSR count). The molecular weight excluding hydrogens is 438 g/mol. The number of aryl methyl sites for hydroxylation is 1. The second-order valence-corrected chi connectivity index (χ2v) is 8.34. The molecule has 0 saturated heterocycles. The third-order valence-corrected chi connectivity index (χ3v) is 5.57. The number of hydrogen-bond donors (Lipinski definition) is 0. The number of hydrogen-bond acceptors (Lipinski definition) is 3. The van der Waals surface area contributed by atoms with Crippen molar-refractivity contribution in [3.8, 4) is 5.75 Å². The molecule has 0 fully saturated rings. The van der Waals surface area contributed by atoms with Gasteiger partial charge in [0.25, 0.3) is 5.91 Å². The van der Waals surface area contributed by atoms with E-state index in [0.717, 1.165) is 17.7 Å². The van der Waals surface area contributed by atoms with Crippen LogP contribution in [0, 0.1) is 0 Å². The number of ether oxygens (including phenoxy) is 1. The highest BCUT2D eigenvalue weighted by Gasteiger charge is 2.22. The van der Waals surface area contributed by atoms with Crippen LogP contribution >= 0.6 is 11.6 Å². The fraction of sp³-hybridized carbons (Fsp3) is 0.308. The Morgan fingerprint density at radius 3 is 2.27 bits per heavy atom. The van der Waals surface area contributed by atoms with Gasteiger partial charge in [0.15, 0.2) is 6.61 Å². The van der Waals surface area contributed by atoms with Gasteiger partial charge in [-0.1, -0.05) is 48.9 Å². The third kappa shape index (κ3) is 7.39. The summed E-state index contributed by atoms with van der Waals surface area (Å²) in [6, 6.07) is 20.7. The number of benzene rings is 2. The molecule has 0 bridgehead atoms. The Hall–Kier alpha value is -3.25. The van der Waals surface area contributed by atoms with Crippen molar-refractivity contribution in [2.45, 2.75) is 26.4 Å². The molecule has 2 aromatic carbocycles. The lowest BCUT2D eigenvalue weighted by Gasteiger charge is -2.28. The van der Waals surface area contributed by atoms with Gasteiger partial charge in [-0.3, -0.25) is 9.59 Å². The number of aromatic nitrogens is 1. The zero-order valence-electron chi connectivity index (χ0n) is 19.1. The number of rotatable bonds is 11. The Balaban J connectivity index is 1.68. The van der Waals surface area contributed by atoms with E-state index >= 15 is 0 Å². The van der Waals surface area contributed by atoms with E-state index < -0.39 is 0 Å². The smallest absolute Gasteiger partial charge is 0.260 e. The summed E-state index contributed by atoms with van der Waals surface area (Å²) in [4.78, 5) is 29.6. The van der Waals surface area contributed by atoms with Crippen LogP contribution in [0.1, 0.15) is 24.6 Å². The molecular formula is C26H30ClN3O3. The standard InChI is InChI=1S/C26H30ClN3O3/c1-3-15-29(26(32)20-33-24-13-11-22(27)12-14-24)19-25(31)30(17-21-8-5-4-6-9-21)18-23-10-7-16-28(23)2/h4-14,16H,3,15,17-20H2,1-2H3. The summed E-state index contributed by atoms with van der Waals surface area (Å²) in [6.45, 7) is 3.28. The van der Waals surface area contributed by atoms with E-state index in [4.69, 9.17) is 16.3 Å². The number of carbonyl (C=O) groups excluding carboxylic acids is 2. The van der Waals surface area contributed by atoms with Crippen LogP contribution in [-0.2, 0) is 29.7 Å². The van der Waals surface area contributed by atoms with Crippen LogP contribution in [0.25, 0.3) is 0 Å². The molecule has 0 spiro atoms. The highest BCUT2D eigenvalue weighted by Crippen LogP contribution is 2.16. The Bertz CT molecular complexity index is 1030. The Morgan fingerprint density at radius 1 is 0.909 bits per heavy atom. The quantitative estimate of drug-likeness (QED) is 0.416. The van der Waals surface area contributed by atoms with Gasteiger partial charge in [-0.2, -0.15) is 0 Å². The zero-order valence-corrected chi connectivity index (χ0v) is 19.9. The van der Waals surface area contributed by atoms with Crippen molar-refractivity contribution < 1.29 is 14.3 Å². The highest BCUT2D eigenvalue weighted by atomic mass is 35.5. The minimum absolute atomic E-state index is 0.00784. The van der Waals surface area contributed by atoms with Crippen molar-refractivity contribution in [2.24, 2.45) is 7.05 Å². The van der Waals surface area contributed by atoms with Gasteiger partial charge in [0.05, 0.1) is 13.1 Å². The summed E-state index contributed by atoms with van der Waals surface area (Å²) >= 11 is 5.90. The summed E-state index contributed by atoms with van der Waals surface area (Å²) in [5.74, 6) is 0.233. The van der Waals surface area contributed by atoms with Crippen molar-refractivity contribution in [3.63, 3.8) is 0 Å². The first-order chi connectivity index (χ1) is 16.0. The van der Waals surface area contributed by atoms with Gasteiger partial charge in [0.1, 0.15) is 5.75 Å². The fourth-order valence-electron chi connectivity index (χ4n) is 3.48. The molecule has 0 aliphatic carbocycles. The summed E-state index contributed by atoms with van der Waals surface area (Å²) < 4.78 is 7.61. The number of halogens is 1. The predicted molar refractivity (Wildman–Crippen MR) is 130 cm³/mol. The molecule has 1 aromatic heterocycles. The molecule has 0 aliphatic heterocycles. The Labute approximate surface area is 200 Å². The van der Waals surface area contributed by atoms with Gasteiger partial charge < -0.3 is 19.1 Å². The molecule has 0 N–H and O–H groups in total. The zero-order chi connectivity index (χ0) is 23.6. The average Bonchev–Trinajstić information content (AvgIpc) is 3.22. The minimum Gasteiger partial charge on any atom is -0.484 e. The van der Waals surface area contributed by atoms with E-state index in [1.807, 2.05) is 67.2 Å². The lowest BCUT2D eigenvalue weighted by atomic mass is 10.2. The maximum absolute atomic E-state index is 13.4. The second-order valence-electron chi connectivity index (χ2n) is 7.90. The van der Waals surface area contributed by atoms with Gasteiger partial charge >= 0.3 is 0 Å². The van der Waals surface area contributed by atoms with E-state index in [1.54, 1.807) is 34.1 Å². The number of nitrogens with zero attached hydrogens (tertiary/aromatic N) is 3.